The third-order valence-electron chi connectivity index (χ3n) is 0.327. The van der Waals surface area contributed by atoms with Crippen LogP contribution in [0.2, 0.25) is 0 Å². The summed E-state index contributed by atoms with van der Waals surface area (Å²) >= 11 is 1.31. The van der Waals surface area contributed by atoms with E-state index in [9.17, 15) is 0 Å². The summed E-state index contributed by atoms with van der Waals surface area (Å²) in [4.78, 5) is 0. The van der Waals surface area contributed by atoms with Gasteiger partial charge >= 0.3 is 0 Å². The molecule has 2 nitrogen and oxygen atoms in total. The van der Waals surface area contributed by atoms with Crippen LogP contribution in [0.3, 0.4) is 0 Å². The van der Waals surface area contributed by atoms with Gasteiger partial charge in [-0.3, -0.25) is 0 Å². The van der Waals surface area contributed by atoms with Crippen molar-refractivity contribution in [3.63, 3.8) is 0 Å². The van der Waals surface area contributed by atoms with E-state index < -0.39 is 0 Å². The van der Waals surface area contributed by atoms with Crippen LogP contribution in [-0.2, 0) is 0 Å². The van der Waals surface area contributed by atoms with E-state index in [0.29, 0.717) is 5.75 Å². The van der Waals surface area contributed by atoms with Gasteiger partial charge < -0.3 is 10.2 Å². The monoisotopic (exact) mass is 108 g/mol. The molecule has 0 aliphatic heterocycles. The van der Waals surface area contributed by atoms with E-state index in [1.165, 1.54) is 11.8 Å². The molecule has 0 aromatic carbocycles. The Balaban J connectivity index is 2.34. The number of aliphatic hydroxyl groups excluding tert-OH is 2. The molecular formula is C3H8O2S. The second kappa shape index (κ2) is 5.27. The Morgan fingerprint density at radius 3 is 2.17 bits per heavy atom. The van der Waals surface area contributed by atoms with Gasteiger partial charge in [0.25, 0.3) is 0 Å². The number of hydrogen-bond acceptors (Lipinski definition) is 3. The fraction of sp³-hybridized carbons (Fsp3) is 1.00. The first-order valence-electron chi connectivity index (χ1n) is 1.71. The topological polar surface area (TPSA) is 40.5 Å². The van der Waals surface area contributed by atoms with Gasteiger partial charge in [-0.05, 0) is 0 Å². The van der Waals surface area contributed by atoms with Crippen molar-refractivity contribution in [3.8, 4) is 0 Å². The molecule has 0 bridgehead atoms. The molecule has 3 heteroatoms. The van der Waals surface area contributed by atoms with E-state index >= 15 is 0 Å². The first kappa shape index (κ1) is 6.27. The van der Waals surface area contributed by atoms with E-state index in [4.69, 9.17) is 10.2 Å². The Morgan fingerprint density at radius 2 is 2.00 bits per heavy atom. The van der Waals surface area contributed by atoms with Crippen molar-refractivity contribution in [2.75, 3.05) is 18.3 Å². The van der Waals surface area contributed by atoms with E-state index in [1.54, 1.807) is 0 Å². The molecule has 0 radical (unpaired) electrons. The zero-order valence-corrected chi connectivity index (χ0v) is 4.24. The van der Waals surface area contributed by atoms with Crippen molar-refractivity contribution in [3.05, 3.63) is 0 Å². The minimum absolute atomic E-state index is 0.112. The van der Waals surface area contributed by atoms with Gasteiger partial charge in [0.1, 0.15) is 0 Å². The maximum Gasteiger partial charge on any atom is 0.0886 e. The largest absolute Gasteiger partial charge is 0.396 e. The molecule has 0 aromatic heterocycles. The highest BCUT2D eigenvalue weighted by Gasteiger charge is 1.76. The normalized spacial score (nSPS) is 9.00. The highest BCUT2D eigenvalue weighted by atomic mass is 32.2. The summed E-state index contributed by atoms with van der Waals surface area (Å²) < 4.78 is 0. The fourth-order valence-electron chi connectivity index (χ4n) is 0.129. The van der Waals surface area contributed by atoms with Crippen LogP contribution in [0.25, 0.3) is 0 Å². The summed E-state index contributed by atoms with van der Waals surface area (Å²) in [5.41, 5.74) is 0. The van der Waals surface area contributed by atoms with Crippen LogP contribution in [0, 0.1) is 0 Å². The lowest BCUT2D eigenvalue weighted by atomic mass is 10.9. The van der Waals surface area contributed by atoms with Crippen molar-refractivity contribution in [2.24, 2.45) is 0 Å². The third kappa shape index (κ3) is 4.27. The SMILES string of the molecule is OCCSCO. The maximum absolute atomic E-state index is 8.07. The Morgan fingerprint density at radius 1 is 1.33 bits per heavy atom. The molecule has 0 saturated carbocycles. The van der Waals surface area contributed by atoms with Gasteiger partial charge in [-0.15, -0.1) is 11.8 Å². The quantitative estimate of drug-likeness (QED) is 0.384. The van der Waals surface area contributed by atoms with Crippen molar-refractivity contribution in [1.82, 2.24) is 0 Å². The number of thioether (sulfide) groups is 1. The van der Waals surface area contributed by atoms with E-state index in [0.717, 1.165) is 0 Å². The molecule has 0 atom stereocenters. The summed E-state index contributed by atoms with van der Waals surface area (Å²) in [5, 5.41) is 16.1. The molecule has 0 spiro atoms. The average molecular weight is 108 g/mol. The summed E-state index contributed by atoms with van der Waals surface area (Å²) in [6.45, 7) is 0.158. The fourth-order valence-corrected chi connectivity index (χ4v) is 0.387. The molecule has 0 aromatic rings. The molecule has 6 heavy (non-hydrogen) atoms. The average Bonchev–Trinajstić information content (AvgIpc) is 1.61. The second-order valence-electron chi connectivity index (χ2n) is 0.761. The first-order chi connectivity index (χ1) is 2.91. The van der Waals surface area contributed by atoms with Crippen molar-refractivity contribution < 1.29 is 10.2 Å². The van der Waals surface area contributed by atoms with Crippen LogP contribution < -0.4 is 0 Å². The molecule has 0 saturated heterocycles. The van der Waals surface area contributed by atoms with Gasteiger partial charge in [-0.1, -0.05) is 0 Å². The smallest absolute Gasteiger partial charge is 0.0886 e. The summed E-state index contributed by atoms with van der Waals surface area (Å²) in [7, 11) is 0. The number of hydrogen-bond donors (Lipinski definition) is 2. The molecule has 0 aliphatic carbocycles. The Bertz CT molecular complexity index is 20.8. The van der Waals surface area contributed by atoms with Crippen LogP contribution in [0.15, 0.2) is 0 Å². The standard InChI is InChI=1S/C3H8O2S/c4-1-2-6-3-5/h4-5H,1-3H2. The van der Waals surface area contributed by atoms with E-state index in [1.807, 2.05) is 0 Å². The van der Waals surface area contributed by atoms with Crippen LogP contribution in [0.1, 0.15) is 0 Å². The lowest BCUT2D eigenvalue weighted by Gasteiger charge is -1.86. The van der Waals surface area contributed by atoms with Gasteiger partial charge in [0, 0.05) is 5.75 Å². The van der Waals surface area contributed by atoms with Gasteiger partial charge in [0.15, 0.2) is 0 Å². The number of aliphatic hydroxyl groups is 2. The van der Waals surface area contributed by atoms with Gasteiger partial charge in [-0.25, -0.2) is 0 Å². The van der Waals surface area contributed by atoms with E-state index in [2.05, 4.69) is 0 Å². The van der Waals surface area contributed by atoms with Crippen LogP contribution in [0.4, 0.5) is 0 Å². The second-order valence-corrected chi connectivity index (χ2v) is 1.84. The van der Waals surface area contributed by atoms with Crippen LogP contribution >= 0.6 is 11.8 Å². The molecule has 0 amide bonds. The lowest BCUT2D eigenvalue weighted by Crippen LogP contribution is -1.85. The molecule has 0 heterocycles. The molecular weight excluding hydrogens is 100 g/mol. The minimum Gasteiger partial charge on any atom is -0.396 e. The van der Waals surface area contributed by atoms with Crippen molar-refractivity contribution in [2.45, 2.75) is 0 Å². The van der Waals surface area contributed by atoms with Gasteiger partial charge in [0.2, 0.25) is 0 Å². The molecule has 38 valence electrons. The van der Waals surface area contributed by atoms with E-state index in [-0.39, 0.29) is 12.5 Å². The summed E-state index contributed by atoms with van der Waals surface area (Å²) in [6.07, 6.45) is 0. The highest BCUT2D eigenvalue weighted by Crippen LogP contribution is 1.91. The molecule has 2 N–H and O–H groups in total. The van der Waals surface area contributed by atoms with Crippen LogP contribution in [-0.4, -0.2) is 28.5 Å². The Hall–Kier alpha value is 0.270. The van der Waals surface area contributed by atoms with Gasteiger partial charge in [-0.2, -0.15) is 0 Å². The lowest BCUT2D eigenvalue weighted by molar-refractivity contribution is 0.320. The van der Waals surface area contributed by atoms with Crippen molar-refractivity contribution in [1.29, 1.82) is 0 Å². The predicted molar refractivity (Wildman–Crippen MR) is 26.6 cm³/mol. The Labute approximate surface area is 41.2 Å². The summed E-state index contributed by atoms with van der Waals surface area (Å²) in [5.74, 6) is 0.747. The first-order valence-corrected chi connectivity index (χ1v) is 2.86. The van der Waals surface area contributed by atoms with Crippen LogP contribution in [0.5, 0.6) is 0 Å². The number of rotatable bonds is 3. The Kier molecular flexibility index (Phi) is 5.51. The highest BCUT2D eigenvalue weighted by molar-refractivity contribution is 7.99. The molecule has 0 aliphatic rings. The van der Waals surface area contributed by atoms with Crippen molar-refractivity contribution >= 4 is 11.8 Å². The predicted octanol–water partition coefficient (Wildman–Crippen LogP) is -0.338. The maximum atomic E-state index is 8.07. The van der Waals surface area contributed by atoms with Gasteiger partial charge in [0.05, 0.1) is 12.5 Å². The molecule has 0 rings (SSSR count). The molecule has 0 unspecified atom stereocenters. The molecule has 0 fully saturated rings. The third-order valence-corrected chi connectivity index (χ3v) is 0.981. The zero-order valence-electron chi connectivity index (χ0n) is 3.42. The minimum atomic E-state index is 0.112. The zero-order chi connectivity index (χ0) is 4.83. The summed E-state index contributed by atoms with van der Waals surface area (Å²) in [6, 6.07) is 0.